The van der Waals surface area contributed by atoms with Crippen molar-refractivity contribution in [2.75, 3.05) is 20.6 Å². The first kappa shape index (κ1) is 18.7. The van der Waals surface area contributed by atoms with Gasteiger partial charge in [-0.1, -0.05) is 68.5 Å². The summed E-state index contributed by atoms with van der Waals surface area (Å²) in [7, 11) is 4.27. The third kappa shape index (κ3) is 4.74. The second-order valence-electron chi connectivity index (χ2n) is 8.56. The van der Waals surface area contributed by atoms with Crippen molar-refractivity contribution in [1.82, 2.24) is 4.90 Å². The molecule has 1 N–H and O–H groups in total. The minimum atomic E-state index is -0.625. The molecule has 2 fully saturated rings. The highest BCUT2D eigenvalue weighted by atomic mass is 16.3. The molecule has 0 saturated heterocycles. The van der Waals surface area contributed by atoms with Gasteiger partial charge in [0.05, 0.1) is 5.60 Å². The van der Waals surface area contributed by atoms with Crippen LogP contribution in [-0.2, 0) is 0 Å². The van der Waals surface area contributed by atoms with E-state index >= 15 is 0 Å². The standard InChI is InChI=1S/C23H35NO/c1-24(2)18-22-15-9-14-21(16-19-10-5-3-6-11-19)23(22,25)17-20-12-7-4-8-13-20/h3,5-6,10-11,16,20,22,25H,4,7-9,12-15,17-18H2,1-2H3/b21-16+. The summed E-state index contributed by atoms with van der Waals surface area (Å²) in [6, 6.07) is 10.6. The first-order valence-electron chi connectivity index (χ1n) is 10.2. The van der Waals surface area contributed by atoms with Crippen LogP contribution in [0.1, 0.15) is 63.4 Å². The summed E-state index contributed by atoms with van der Waals surface area (Å²) in [5.41, 5.74) is 1.88. The Morgan fingerprint density at radius 3 is 2.44 bits per heavy atom. The molecule has 2 saturated carbocycles. The normalized spacial score (nSPS) is 30.1. The zero-order chi connectivity index (χ0) is 17.7. The molecule has 0 heterocycles. The Balaban J connectivity index is 1.88. The number of benzene rings is 1. The lowest BCUT2D eigenvalue weighted by Gasteiger charge is -2.45. The Morgan fingerprint density at radius 2 is 1.76 bits per heavy atom. The zero-order valence-electron chi connectivity index (χ0n) is 16.1. The Morgan fingerprint density at radius 1 is 1.04 bits per heavy atom. The second kappa shape index (κ2) is 8.51. The minimum absolute atomic E-state index is 0.355. The van der Waals surface area contributed by atoms with E-state index in [2.05, 4.69) is 55.4 Å². The van der Waals surface area contributed by atoms with E-state index in [9.17, 15) is 5.11 Å². The summed E-state index contributed by atoms with van der Waals surface area (Å²) < 4.78 is 0. The second-order valence-corrected chi connectivity index (χ2v) is 8.56. The molecular formula is C23H35NO. The van der Waals surface area contributed by atoms with Crippen LogP contribution in [0, 0.1) is 11.8 Å². The molecular weight excluding hydrogens is 306 g/mol. The van der Waals surface area contributed by atoms with Gasteiger partial charge in [-0.15, -0.1) is 0 Å². The maximum absolute atomic E-state index is 12.0. The molecule has 0 amide bonds. The van der Waals surface area contributed by atoms with Gasteiger partial charge in [0.2, 0.25) is 0 Å². The van der Waals surface area contributed by atoms with Crippen LogP contribution in [-0.4, -0.2) is 36.2 Å². The van der Waals surface area contributed by atoms with Crippen LogP contribution in [0.4, 0.5) is 0 Å². The fourth-order valence-corrected chi connectivity index (χ4v) is 5.02. The fraction of sp³-hybridized carbons (Fsp3) is 0.652. The molecule has 1 aromatic carbocycles. The van der Waals surface area contributed by atoms with Gasteiger partial charge in [0, 0.05) is 12.5 Å². The molecule has 1 aromatic rings. The average molecular weight is 342 g/mol. The Hall–Kier alpha value is -1.12. The van der Waals surface area contributed by atoms with Crippen molar-refractivity contribution in [3.63, 3.8) is 0 Å². The SMILES string of the molecule is CN(C)CC1CCC/C(=C\c2ccccc2)C1(O)CC1CCCCC1. The molecule has 2 aliphatic rings. The highest BCUT2D eigenvalue weighted by Crippen LogP contribution is 2.45. The van der Waals surface area contributed by atoms with Crippen LogP contribution in [0.15, 0.2) is 35.9 Å². The molecule has 0 radical (unpaired) electrons. The van der Waals surface area contributed by atoms with Gasteiger partial charge < -0.3 is 10.0 Å². The third-order valence-electron chi connectivity index (χ3n) is 6.28. The molecule has 2 unspecified atom stereocenters. The van der Waals surface area contributed by atoms with E-state index in [4.69, 9.17) is 0 Å². The van der Waals surface area contributed by atoms with E-state index in [1.165, 1.54) is 49.7 Å². The van der Waals surface area contributed by atoms with Crippen LogP contribution in [0.3, 0.4) is 0 Å². The van der Waals surface area contributed by atoms with Gasteiger partial charge in [-0.3, -0.25) is 0 Å². The van der Waals surface area contributed by atoms with Gasteiger partial charge in [0.15, 0.2) is 0 Å². The average Bonchev–Trinajstić information content (AvgIpc) is 2.60. The quantitative estimate of drug-likeness (QED) is 0.802. The van der Waals surface area contributed by atoms with Crippen LogP contribution < -0.4 is 0 Å². The molecule has 25 heavy (non-hydrogen) atoms. The van der Waals surface area contributed by atoms with Crippen LogP contribution in [0.2, 0.25) is 0 Å². The smallest absolute Gasteiger partial charge is 0.0902 e. The predicted molar refractivity (Wildman–Crippen MR) is 106 cm³/mol. The number of hydrogen-bond donors (Lipinski definition) is 1. The van der Waals surface area contributed by atoms with Gasteiger partial charge >= 0.3 is 0 Å². The Labute approximate surface area is 153 Å². The molecule has 2 nitrogen and oxygen atoms in total. The van der Waals surface area contributed by atoms with Crippen molar-refractivity contribution in [2.24, 2.45) is 11.8 Å². The van der Waals surface area contributed by atoms with E-state index in [1.807, 2.05) is 0 Å². The largest absolute Gasteiger partial charge is 0.385 e. The molecule has 2 atom stereocenters. The molecule has 0 aliphatic heterocycles. The highest BCUT2D eigenvalue weighted by Gasteiger charge is 2.44. The number of nitrogens with zero attached hydrogens (tertiary/aromatic N) is 1. The van der Waals surface area contributed by atoms with E-state index in [0.717, 1.165) is 25.8 Å². The van der Waals surface area contributed by atoms with Crippen LogP contribution in [0.25, 0.3) is 6.08 Å². The van der Waals surface area contributed by atoms with Gasteiger partial charge in [0.1, 0.15) is 0 Å². The van der Waals surface area contributed by atoms with Gasteiger partial charge in [-0.05, 0) is 56.8 Å². The molecule has 2 aliphatic carbocycles. The molecule has 138 valence electrons. The molecule has 0 spiro atoms. The van der Waals surface area contributed by atoms with Gasteiger partial charge in [-0.25, -0.2) is 0 Å². The first-order valence-corrected chi connectivity index (χ1v) is 10.2. The number of aliphatic hydroxyl groups is 1. The fourth-order valence-electron chi connectivity index (χ4n) is 5.02. The van der Waals surface area contributed by atoms with Gasteiger partial charge in [-0.2, -0.15) is 0 Å². The lowest BCUT2D eigenvalue weighted by Crippen LogP contribution is -2.48. The molecule has 0 bridgehead atoms. The van der Waals surface area contributed by atoms with E-state index in [1.54, 1.807) is 0 Å². The van der Waals surface area contributed by atoms with Crippen molar-refractivity contribution in [3.8, 4) is 0 Å². The monoisotopic (exact) mass is 341 g/mol. The number of rotatable bonds is 5. The summed E-state index contributed by atoms with van der Waals surface area (Å²) in [5.74, 6) is 1.05. The topological polar surface area (TPSA) is 23.5 Å². The maximum atomic E-state index is 12.0. The van der Waals surface area contributed by atoms with Crippen molar-refractivity contribution < 1.29 is 5.11 Å². The third-order valence-corrected chi connectivity index (χ3v) is 6.28. The predicted octanol–water partition coefficient (Wildman–Crippen LogP) is 5.13. The molecule has 3 rings (SSSR count). The number of hydrogen-bond acceptors (Lipinski definition) is 2. The summed E-state index contributed by atoms with van der Waals surface area (Å²) in [5, 5.41) is 12.0. The maximum Gasteiger partial charge on any atom is 0.0902 e. The van der Waals surface area contributed by atoms with E-state index < -0.39 is 5.60 Å². The Bertz CT molecular complexity index is 559. The van der Waals surface area contributed by atoms with Crippen molar-refractivity contribution in [1.29, 1.82) is 0 Å². The lowest BCUT2D eigenvalue weighted by molar-refractivity contribution is -0.0349. The van der Waals surface area contributed by atoms with E-state index in [-0.39, 0.29) is 0 Å². The van der Waals surface area contributed by atoms with Crippen molar-refractivity contribution in [2.45, 2.75) is 63.4 Å². The van der Waals surface area contributed by atoms with Gasteiger partial charge in [0.25, 0.3) is 0 Å². The van der Waals surface area contributed by atoms with E-state index in [0.29, 0.717) is 11.8 Å². The molecule has 2 heteroatoms. The van der Waals surface area contributed by atoms with Crippen LogP contribution in [0.5, 0.6) is 0 Å². The Kier molecular flexibility index (Phi) is 6.35. The highest BCUT2D eigenvalue weighted by molar-refractivity contribution is 5.55. The zero-order valence-corrected chi connectivity index (χ0v) is 16.1. The lowest BCUT2D eigenvalue weighted by atomic mass is 9.66. The first-order chi connectivity index (χ1) is 12.1. The van der Waals surface area contributed by atoms with Crippen molar-refractivity contribution >= 4 is 6.08 Å². The van der Waals surface area contributed by atoms with Crippen molar-refractivity contribution in [3.05, 3.63) is 41.5 Å². The minimum Gasteiger partial charge on any atom is -0.385 e. The van der Waals surface area contributed by atoms with Crippen LogP contribution >= 0.6 is 0 Å². The summed E-state index contributed by atoms with van der Waals surface area (Å²) in [4.78, 5) is 2.25. The molecule has 0 aromatic heterocycles. The summed E-state index contributed by atoms with van der Waals surface area (Å²) in [6.07, 6.45) is 13.3. The summed E-state index contributed by atoms with van der Waals surface area (Å²) >= 11 is 0. The summed E-state index contributed by atoms with van der Waals surface area (Å²) in [6.45, 7) is 0.981.